The van der Waals surface area contributed by atoms with Gasteiger partial charge in [-0.3, -0.25) is 14.8 Å². The molecule has 1 aliphatic heterocycles. The molecule has 146 valence electrons. The zero-order valence-electron chi connectivity index (χ0n) is 16.4. The highest BCUT2D eigenvalue weighted by Crippen LogP contribution is 2.35. The first-order chi connectivity index (χ1) is 14.0. The van der Waals surface area contributed by atoms with Crippen molar-refractivity contribution in [3.05, 3.63) is 80.5 Å². The molecule has 2 heterocycles. The van der Waals surface area contributed by atoms with E-state index in [-0.39, 0.29) is 10.6 Å². The van der Waals surface area contributed by atoms with E-state index in [1.54, 1.807) is 13.0 Å². The third-order valence-corrected chi connectivity index (χ3v) is 5.54. The predicted molar refractivity (Wildman–Crippen MR) is 109 cm³/mol. The number of rotatable bonds is 4. The van der Waals surface area contributed by atoms with Crippen LogP contribution in [0.3, 0.4) is 0 Å². The summed E-state index contributed by atoms with van der Waals surface area (Å²) in [6, 6.07) is 14.9. The van der Waals surface area contributed by atoms with E-state index >= 15 is 0 Å². The Kier molecular flexibility index (Phi) is 4.87. The topological polar surface area (TPSA) is 88.0 Å². The zero-order valence-corrected chi connectivity index (χ0v) is 16.4. The minimum absolute atomic E-state index is 0.102. The lowest BCUT2D eigenvalue weighted by Crippen LogP contribution is -2.27. The highest BCUT2D eigenvalue weighted by Gasteiger charge is 2.26. The average molecular weight is 387 g/mol. The van der Waals surface area contributed by atoms with Crippen LogP contribution in [0.2, 0.25) is 0 Å². The van der Waals surface area contributed by atoms with E-state index in [0.717, 1.165) is 47.6 Å². The van der Waals surface area contributed by atoms with Crippen molar-refractivity contribution in [1.29, 1.82) is 5.26 Å². The predicted octanol–water partition coefficient (Wildman–Crippen LogP) is 3.67. The van der Waals surface area contributed by atoms with Crippen LogP contribution < -0.4 is 0 Å². The van der Waals surface area contributed by atoms with E-state index in [0.29, 0.717) is 17.7 Å². The number of nitriles is 1. The number of nitrogens with zero attached hydrogens (tertiary/aromatic N) is 5. The Morgan fingerprint density at radius 1 is 1.24 bits per heavy atom. The molecule has 4 rings (SSSR count). The van der Waals surface area contributed by atoms with Gasteiger partial charge < -0.3 is 4.90 Å². The van der Waals surface area contributed by atoms with E-state index in [4.69, 9.17) is 5.10 Å². The maximum absolute atomic E-state index is 11.4. The molecular formula is C22H21N5O2. The summed E-state index contributed by atoms with van der Waals surface area (Å²) in [7, 11) is 2.06. The first kappa shape index (κ1) is 18.8. The lowest BCUT2D eigenvalue weighted by molar-refractivity contribution is -0.385. The third kappa shape index (κ3) is 3.39. The number of nitro groups is 1. The molecule has 0 atom stereocenters. The molecule has 0 radical (unpaired) electrons. The SMILES string of the molecule is Cc1c(-c2nn(Cc3ccccc3C#N)c3c2CN(C)CC3)cccc1[N+](=O)[O-]. The van der Waals surface area contributed by atoms with Crippen molar-refractivity contribution in [2.45, 2.75) is 26.4 Å². The number of hydrogen-bond donors (Lipinski definition) is 0. The van der Waals surface area contributed by atoms with Gasteiger partial charge in [0.15, 0.2) is 0 Å². The van der Waals surface area contributed by atoms with Gasteiger partial charge >= 0.3 is 0 Å². The molecular weight excluding hydrogens is 366 g/mol. The Hall–Kier alpha value is -3.50. The van der Waals surface area contributed by atoms with Crippen molar-refractivity contribution in [3.8, 4) is 17.3 Å². The molecule has 0 aliphatic carbocycles. The molecule has 0 amide bonds. The van der Waals surface area contributed by atoms with Gasteiger partial charge in [-0.05, 0) is 25.6 Å². The third-order valence-electron chi connectivity index (χ3n) is 5.54. The molecule has 0 fully saturated rings. The van der Waals surface area contributed by atoms with Gasteiger partial charge in [0.2, 0.25) is 0 Å². The smallest absolute Gasteiger partial charge is 0.272 e. The number of benzene rings is 2. The summed E-state index contributed by atoms with van der Waals surface area (Å²) in [6.07, 6.45) is 0.849. The maximum atomic E-state index is 11.4. The summed E-state index contributed by atoms with van der Waals surface area (Å²) in [5.74, 6) is 0. The van der Waals surface area contributed by atoms with Crippen LogP contribution in [0.15, 0.2) is 42.5 Å². The fourth-order valence-electron chi connectivity index (χ4n) is 3.98. The second-order valence-corrected chi connectivity index (χ2v) is 7.40. The Balaban J connectivity index is 1.86. The van der Waals surface area contributed by atoms with Gasteiger partial charge in [0, 0.05) is 48.0 Å². The van der Waals surface area contributed by atoms with Gasteiger partial charge in [-0.15, -0.1) is 0 Å². The molecule has 0 N–H and O–H groups in total. The van der Waals surface area contributed by atoms with Crippen molar-refractivity contribution in [2.75, 3.05) is 13.6 Å². The van der Waals surface area contributed by atoms with E-state index in [1.165, 1.54) is 6.07 Å². The Labute approximate surface area is 169 Å². The van der Waals surface area contributed by atoms with Gasteiger partial charge in [0.25, 0.3) is 5.69 Å². The second-order valence-electron chi connectivity index (χ2n) is 7.40. The number of nitro benzene ring substituents is 1. The van der Waals surface area contributed by atoms with Crippen molar-refractivity contribution >= 4 is 5.69 Å². The van der Waals surface area contributed by atoms with Crippen molar-refractivity contribution in [2.24, 2.45) is 0 Å². The lowest BCUT2D eigenvalue weighted by Gasteiger charge is -2.24. The standard InChI is InChI=1S/C22H21N5O2/c1-15-18(8-5-9-20(15)27(28)29)22-19-14-25(2)11-10-21(19)26(24-22)13-17-7-4-3-6-16(17)12-23/h3-9H,10-11,13-14H2,1-2H3. The summed E-state index contributed by atoms with van der Waals surface area (Å²) >= 11 is 0. The minimum atomic E-state index is -0.350. The first-order valence-corrected chi connectivity index (χ1v) is 9.49. The summed E-state index contributed by atoms with van der Waals surface area (Å²) in [5, 5.41) is 25.7. The van der Waals surface area contributed by atoms with Crippen LogP contribution in [0.1, 0.15) is 27.9 Å². The van der Waals surface area contributed by atoms with Gasteiger partial charge in [-0.1, -0.05) is 30.3 Å². The van der Waals surface area contributed by atoms with Crippen LogP contribution in [-0.4, -0.2) is 33.2 Å². The summed E-state index contributed by atoms with van der Waals surface area (Å²) in [6.45, 7) is 3.94. The van der Waals surface area contributed by atoms with Crippen LogP contribution in [0.4, 0.5) is 5.69 Å². The second kappa shape index (κ2) is 7.49. The fraction of sp³-hybridized carbons (Fsp3) is 0.273. The van der Waals surface area contributed by atoms with Gasteiger partial charge in [-0.2, -0.15) is 10.4 Å². The molecule has 0 saturated carbocycles. The van der Waals surface area contributed by atoms with Crippen LogP contribution in [0.25, 0.3) is 11.3 Å². The highest BCUT2D eigenvalue weighted by molar-refractivity contribution is 5.71. The summed E-state index contributed by atoms with van der Waals surface area (Å²) < 4.78 is 1.96. The zero-order chi connectivity index (χ0) is 20.5. The summed E-state index contributed by atoms with van der Waals surface area (Å²) in [5.41, 5.74) is 6.11. The van der Waals surface area contributed by atoms with Crippen molar-refractivity contribution in [1.82, 2.24) is 14.7 Å². The molecule has 0 bridgehead atoms. The molecule has 1 aromatic heterocycles. The molecule has 7 nitrogen and oxygen atoms in total. The molecule has 0 saturated heterocycles. The number of aromatic nitrogens is 2. The van der Waals surface area contributed by atoms with Crippen LogP contribution in [0.5, 0.6) is 0 Å². The van der Waals surface area contributed by atoms with Crippen LogP contribution in [-0.2, 0) is 19.5 Å². The van der Waals surface area contributed by atoms with Crippen molar-refractivity contribution < 1.29 is 4.92 Å². The van der Waals surface area contributed by atoms with Crippen molar-refractivity contribution in [3.63, 3.8) is 0 Å². The van der Waals surface area contributed by atoms with Crippen LogP contribution >= 0.6 is 0 Å². The van der Waals surface area contributed by atoms with E-state index in [1.807, 2.05) is 35.0 Å². The van der Waals surface area contributed by atoms with E-state index < -0.39 is 0 Å². The maximum Gasteiger partial charge on any atom is 0.272 e. The van der Waals surface area contributed by atoms with E-state index in [2.05, 4.69) is 18.0 Å². The monoisotopic (exact) mass is 387 g/mol. The molecule has 1 aliphatic rings. The Morgan fingerprint density at radius 3 is 2.79 bits per heavy atom. The molecule has 7 heteroatoms. The average Bonchev–Trinajstić information content (AvgIpc) is 3.05. The molecule has 3 aromatic rings. The fourth-order valence-corrected chi connectivity index (χ4v) is 3.98. The first-order valence-electron chi connectivity index (χ1n) is 9.49. The largest absolute Gasteiger partial charge is 0.302 e. The number of likely N-dealkylation sites (N-methyl/N-ethyl adjacent to an activating group) is 1. The number of fused-ring (bicyclic) bond motifs is 1. The quantitative estimate of drug-likeness (QED) is 0.503. The lowest BCUT2D eigenvalue weighted by atomic mass is 9.97. The normalized spacial score (nSPS) is 13.7. The molecule has 2 aromatic carbocycles. The highest BCUT2D eigenvalue weighted by atomic mass is 16.6. The van der Waals surface area contributed by atoms with Crippen LogP contribution in [0, 0.1) is 28.4 Å². The Morgan fingerprint density at radius 2 is 2.03 bits per heavy atom. The van der Waals surface area contributed by atoms with E-state index in [9.17, 15) is 15.4 Å². The van der Waals surface area contributed by atoms with Gasteiger partial charge in [0.05, 0.1) is 28.8 Å². The molecule has 29 heavy (non-hydrogen) atoms. The molecule has 0 spiro atoms. The summed E-state index contributed by atoms with van der Waals surface area (Å²) in [4.78, 5) is 13.3. The van der Waals surface area contributed by atoms with Gasteiger partial charge in [-0.25, -0.2) is 0 Å². The van der Waals surface area contributed by atoms with Gasteiger partial charge in [0.1, 0.15) is 0 Å². The molecule has 0 unspecified atom stereocenters. The number of hydrogen-bond acceptors (Lipinski definition) is 5. The Bertz CT molecular complexity index is 1140. The minimum Gasteiger partial charge on any atom is -0.302 e.